The van der Waals surface area contributed by atoms with E-state index in [-0.39, 0.29) is 11.7 Å². The first-order valence-electron chi connectivity index (χ1n) is 8.45. The van der Waals surface area contributed by atoms with E-state index in [4.69, 9.17) is 0 Å². The lowest BCUT2D eigenvalue weighted by Crippen LogP contribution is -2.32. The van der Waals surface area contributed by atoms with Crippen molar-refractivity contribution < 1.29 is 9.18 Å². The SMILES string of the molecule is O=C(c1ccc(F)cc1Br)N(CCc1ccccc1)Cc1ccccc1. The van der Waals surface area contributed by atoms with Gasteiger partial charge in [0.25, 0.3) is 5.91 Å². The summed E-state index contributed by atoms with van der Waals surface area (Å²) in [4.78, 5) is 14.9. The van der Waals surface area contributed by atoms with Gasteiger partial charge in [0, 0.05) is 17.6 Å². The molecule has 0 aliphatic heterocycles. The van der Waals surface area contributed by atoms with E-state index in [1.807, 2.05) is 48.5 Å². The van der Waals surface area contributed by atoms with Gasteiger partial charge in [-0.15, -0.1) is 0 Å². The molecule has 0 saturated heterocycles. The fourth-order valence-corrected chi connectivity index (χ4v) is 3.32. The van der Waals surface area contributed by atoms with E-state index >= 15 is 0 Å². The van der Waals surface area contributed by atoms with Gasteiger partial charge < -0.3 is 4.90 Å². The predicted octanol–water partition coefficient (Wildman–Crippen LogP) is 5.47. The molecule has 0 radical (unpaired) electrons. The predicted molar refractivity (Wildman–Crippen MR) is 105 cm³/mol. The first-order chi connectivity index (χ1) is 12.6. The molecule has 0 aliphatic carbocycles. The van der Waals surface area contributed by atoms with Crippen molar-refractivity contribution in [3.63, 3.8) is 0 Å². The number of benzene rings is 3. The highest BCUT2D eigenvalue weighted by Crippen LogP contribution is 2.21. The fraction of sp³-hybridized carbons (Fsp3) is 0.136. The molecule has 3 rings (SSSR count). The van der Waals surface area contributed by atoms with Gasteiger partial charge in [0.1, 0.15) is 5.82 Å². The van der Waals surface area contributed by atoms with Gasteiger partial charge in [0.05, 0.1) is 5.56 Å². The molecule has 2 nitrogen and oxygen atoms in total. The lowest BCUT2D eigenvalue weighted by Gasteiger charge is -2.24. The zero-order valence-corrected chi connectivity index (χ0v) is 15.8. The molecule has 1 amide bonds. The number of rotatable bonds is 6. The molecular weight excluding hydrogens is 393 g/mol. The molecule has 0 aliphatic rings. The summed E-state index contributed by atoms with van der Waals surface area (Å²) in [6.45, 7) is 1.10. The molecule has 0 aromatic heterocycles. The Morgan fingerprint density at radius 3 is 2.12 bits per heavy atom. The maximum Gasteiger partial charge on any atom is 0.255 e. The topological polar surface area (TPSA) is 20.3 Å². The number of halogens is 2. The Morgan fingerprint density at radius 2 is 1.50 bits per heavy atom. The standard InChI is InChI=1S/C22H19BrFNO/c23-21-15-19(24)11-12-20(21)22(26)25(16-18-9-5-2-6-10-18)14-13-17-7-3-1-4-8-17/h1-12,15H,13-14,16H2. The number of hydrogen-bond acceptors (Lipinski definition) is 1. The minimum atomic E-state index is -0.368. The molecule has 132 valence electrons. The van der Waals surface area contributed by atoms with E-state index in [0.29, 0.717) is 23.1 Å². The minimum absolute atomic E-state index is 0.114. The molecule has 0 heterocycles. The Hall–Kier alpha value is -2.46. The molecule has 3 aromatic rings. The summed E-state index contributed by atoms with van der Waals surface area (Å²) in [5.41, 5.74) is 2.71. The molecule has 4 heteroatoms. The van der Waals surface area contributed by atoms with Crippen molar-refractivity contribution in [3.8, 4) is 0 Å². The van der Waals surface area contributed by atoms with Crippen LogP contribution in [-0.2, 0) is 13.0 Å². The maximum atomic E-state index is 13.4. The van der Waals surface area contributed by atoms with Gasteiger partial charge in [0.15, 0.2) is 0 Å². The first kappa shape index (κ1) is 18.3. The second-order valence-electron chi connectivity index (χ2n) is 6.07. The quantitative estimate of drug-likeness (QED) is 0.526. The highest BCUT2D eigenvalue weighted by molar-refractivity contribution is 9.10. The third-order valence-electron chi connectivity index (χ3n) is 4.18. The number of hydrogen-bond donors (Lipinski definition) is 0. The average Bonchev–Trinajstić information content (AvgIpc) is 2.66. The zero-order valence-electron chi connectivity index (χ0n) is 14.2. The van der Waals surface area contributed by atoms with E-state index in [0.717, 1.165) is 12.0 Å². The number of carbonyl (C=O) groups is 1. The van der Waals surface area contributed by atoms with Crippen molar-refractivity contribution in [1.29, 1.82) is 0 Å². The van der Waals surface area contributed by atoms with Crippen LogP contribution in [0, 0.1) is 5.82 Å². The summed E-state index contributed by atoms with van der Waals surface area (Å²) >= 11 is 3.31. The van der Waals surface area contributed by atoms with Crippen molar-refractivity contribution in [1.82, 2.24) is 4.90 Å². The Labute approximate surface area is 161 Å². The third-order valence-corrected chi connectivity index (χ3v) is 4.83. The van der Waals surface area contributed by atoms with E-state index in [2.05, 4.69) is 28.1 Å². The second-order valence-corrected chi connectivity index (χ2v) is 6.93. The smallest absolute Gasteiger partial charge is 0.255 e. The molecule has 0 spiro atoms. The zero-order chi connectivity index (χ0) is 18.4. The highest BCUT2D eigenvalue weighted by atomic mass is 79.9. The van der Waals surface area contributed by atoms with E-state index in [1.54, 1.807) is 4.90 Å². The van der Waals surface area contributed by atoms with Gasteiger partial charge in [-0.25, -0.2) is 4.39 Å². The second kappa shape index (κ2) is 8.77. The summed E-state index contributed by atoms with van der Waals surface area (Å²) in [5, 5.41) is 0. The van der Waals surface area contributed by atoms with Gasteiger partial charge >= 0.3 is 0 Å². The van der Waals surface area contributed by atoms with Crippen LogP contribution < -0.4 is 0 Å². The Kier molecular flexibility index (Phi) is 6.18. The molecule has 3 aromatic carbocycles. The van der Waals surface area contributed by atoms with Gasteiger partial charge in [-0.1, -0.05) is 60.7 Å². The van der Waals surface area contributed by atoms with E-state index in [1.165, 1.54) is 23.8 Å². The Balaban J connectivity index is 1.82. The van der Waals surface area contributed by atoms with Crippen LogP contribution in [0.3, 0.4) is 0 Å². The molecule has 0 saturated carbocycles. The third kappa shape index (κ3) is 4.79. The Bertz CT molecular complexity index is 868. The van der Waals surface area contributed by atoms with Crippen LogP contribution in [0.1, 0.15) is 21.5 Å². The molecule has 0 unspecified atom stereocenters. The van der Waals surface area contributed by atoms with Gasteiger partial charge in [0.2, 0.25) is 0 Å². The number of nitrogens with zero attached hydrogens (tertiary/aromatic N) is 1. The minimum Gasteiger partial charge on any atom is -0.334 e. The van der Waals surface area contributed by atoms with Gasteiger partial charge in [-0.3, -0.25) is 4.79 Å². The number of carbonyl (C=O) groups excluding carboxylic acids is 1. The first-order valence-corrected chi connectivity index (χ1v) is 9.25. The van der Waals surface area contributed by atoms with Crippen LogP contribution in [-0.4, -0.2) is 17.4 Å². The van der Waals surface area contributed by atoms with Crippen LogP contribution >= 0.6 is 15.9 Å². The van der Waals surface area contributed by atoms with Crippen LogP contribution in [0.5, 0.6) is 0 Å². The van der Waals surface area contributed by atoms with Crippen molar-refractivity contribution in [2.45, 2.75) is 13.0 Å². The summed E-state index contributed by atoms with van der Waals surface area (Å²) in [6.07, 6.45) is 0.762. The maximum absolute atomic E-state index is 13.4. The summed E-state index contributed by atoms with van der Waals surface area (Å²) < 4.78 is 13.8. The van der Waals surface area contributed by atoms with Crippen LogP contribution in [0.2, 0.25) is 0 Å². The van der Waals surface area contributed by atoms with Crippen molar-refractivity contribution in [3.05, 3.63) is 106 Å². The number of amides is 1. The summed E-state index contributed by atoms with van der Waals surface area (Å²) in [6, 6.07) is 24.1. The molecule has 0 N–H and O–H groups in total. The lowest BCUT2D eigenvalue weighted by atomic mass is 10.1. The monoisotopic (exact) mass is 411 g/mol. The largest absolute Gasteiger partial charge is 0.334 e. The normalized spacial score (nSPS) is 10.5. The molecule has 26 heavy (non-hydrogen) atoms. The fourth-order valence-electron chi connectivity index (χ4n) is 2.80. The van der Waals surface area contributed by atoms with Crippen LogP contribution in [0.15, 0.2) is 83.3 Å². The molecule has 0 fully saturated rings. The molecular formula is C22H19BrFNO. The van der Waals surface area contributed by atoms with Crippen LogP contribution in [0.4, 0.5) is 4.39 Å². The summed E-state index contributed by atoms with van der Waals surface area (Å²) in [5.74, 6) is -0.482. The molecule has 0 atom stereocenters. The highest BCUT2D eigenvalue weighted by Gasteiger charge is 2.19. The van der Waals surface area contributed by atoms with Crippen LogP contribution in [0.25, 0.3) is 0 Å². The summed E-state index contributed by atoms with van der Waals surface area (Å²) in [7, 11) is 0. The average molecular weight is 412 g/mol. The molecule has 0 bridgehead atoms. The van der Waals surface area contributed by atoms with Gasteiger partial charge in [-0.05, 0) is 51.7 Å². The Morgan fingerprint density at radius 1 is 0.885 bits per heavy atom. The van der Waals surface area contributed by atoms with E-state index in [9.17, 15) is 9.18 Å². The van der Waals surface area contributed by atoms with Gasteiger partial charge in [-0.2, -0.15) is 0 Å². The van der Waals surface area contributed by atoms with Crippen molar-refractivity contribution >= 4 is 21.8 Å². The van der Waals surface area contributed by atoms with Crippen molar-refractivity contribution in [2.24, 2.45) is 0 Å². The lowest BCUT2D eigenvalue weighted by molar-refractivity contribution is 0.0744. The van der Waals surface area contributed by atoms with Crippen molar-refractivity contribution in [2.75, 3.05) is 6.54 Å². The van der Waals surface area contributed by atoms with E-state index < -0.39 is 0 Å².